The summed E-state index contributed by atoms with van der Waals surface area (Å²) in [6.07, 6.45) is 7.63. The SMILES string of the molecule is CCNCc1ccnc(N(CC2CC2)CC2CC2)c1. The van der Waals surface area contributed by atoms with Crippen LogP contribution in [0.25, 0.3) is 0 Å². The van der Waals surface area contributed by atoms with Crippen LogP contribution in [0, 0.1) is 11.8 Å². The molecule has 0 aromatic carbocycles. The van der Waals surface area contributed by atoms with Crippen LogP contribution in [0.3, 0.4) is 0 Å². The number of hydrogen-bond donors (Lipinski definition) is 1. The van der Waals surface area contributed by atoms with Crippen molar-refractivity contribution in [3.8, 4) is 0 Å². The van der Waals surface area contributed by atoms with Crippen LogP contribution in [-0.2, 0) is 6.54 Å². The molecule has 0 atom stereocenters. The minimum Gasteiger partial charge on any atom is -0.356 e. The molecule has 1 N–H and O–H groups in total. The summed E-state index contributed by atoms with van der Waals surface area (Å²) in [6, 6.07) is 4.39. The second-order valence-electron chi connectivity index (χ2n) is 6.09. The third-order valence-electron chi connectivity index (χ3n) is 4.06. The standard InChI is InChI=1S/C16H25N3/c1-2-17-10-15-7-8-18-16(9-15)19(11-13-3-4-13)12-14-5-6-14/h7-9,13-14,17H,2-6,10-12H2,1H3. The number of aromatic nitrogens is 1. The molecule has 0 radical (unpaired) electrons. The minimum absolute atomic E-state index is 0.929. The Morgan fingerprint density at radius 1 is 1.21 bits per heavy atom. The van der Waals surface area contributed by atoms with E-state index in [9.17, 15) is 0 Å². The van der Waals surface area contributed by atoms with Gasteiger partial charge in [-0.2, -0.15) is 0 Å². The Kier molecular flexibility index (Phi) is 4.02. The topological polar surface area (TPSA) is 28.2 Å². The van der Waals surface area contributed by atoms with Crippen molar-refractivity contribution in [3.63, 3.8) is 0 Å². The van der Waals surface area contributed by atoms with Crippen LogP contribution in [0.4, 0.5) is 5.82 Å². The minimum atomic E-state index is 0.929. The lowest BCUT2D eigenvalue weighted by Crippen LogP contribution is -2.29. The van der Waals surface area contributed by atoms with Gasteiger partial charge < -0.3 is 10.2 Å². The molecule has 3 heteroatoms. The van der Waals surface area contributed by atoms with Gasteiger partial charge in [-0.1, -0.05) is 6.92 Å². The summed E-state index contributed by atoms with van der Waals surface area (Å²) in [5.41, 5.74) is 1.35. The monoisotopic (exact) mass is 259 g/mol. The molecular weight excluding hydrogens is 234 g/mol. The molecule has 1 aromatic heterocycles. The Morgan fingerprint density at radius 3 is 2.47 bits per heavy atom. The fraction of sp³-hybridized carbons (Fsp3) is 0.688. The van der Waals surface area contributed by atoms with E-state index in [-0.39, 0.29) is 0 Å². The molecule has 2 saturated carbocycles. The van der Waals surface area contributed by atoms with E-state index in [0.29, 0.717) is 0 Å². The van der Waals surface area contributed by atoms with E-state index >= 15 is 0 Å². The van der Waals surface area contributed by atoms with Gasteiger partial charge in [-0.25, -0.2) is 4.98 Å². The van der Waals surface area contributed by atoms with E-state index in [1.54, 1.807) is 0 Å². The van der Waals surface area contributed by atoms with Gasteiger partial charge in [0.25, 0.3) is 0 Å². The molecule has 2 aliphatic rings. The highest BCUT2D eigenvalue weighted by Gasteiger charge is 2.29. The Balaban J connectivity index is 1.67. The zero-order chi connectivity index (χ0) is 13.1. The summed E-state index contributed by atoms with van der Waals surface area (Å²) in [4.78, 5) is 7.14. The zero-order valence-corrected chi connectivity index (χ0v) is 11.9. The van der Waals surface area contributed by atoms with E-state index < -0.39 is 0 Å². The molecule has 104 valence electrons. The fourth-order valence-corrected chi connectivity index (χ4v) is 2.50. The lowest BCUT2D eigenvalue weighted by Gasteiger charge is -2.24. The highest BCUT2D eigenvalue weighted by atomic mass is 15.2. The normalized spacial score (nSPS) is 18.6. The average Bonchev–Trinajstić information content (AvgIpc) is 3.31. The highest BCUT2D eigenvalue weighted by Crippen LogP contribution is 2.35. The van der Waals surface area contributed by atoms with Gasteiger partial charge in [-0.05, 0) is 61.8 Å². The first-order chi connectivity index (χ1) is 9.35. The van der Waals surface area contributed by atoms with Crippen molar-refractivity contribution < 1.29 is 0 Å². The second kappa shape index (κ2) is 5.91. The van der Waals surface area contributed by atoms with Crippen molar-refractivity contribution in [2.24, 2.45) is 11.8 Å². The van der Waals surface area contributed by atoms with Crippen molar-refractivity contribution >= 4 is 5.82 Å². The molecule has 2 aliphatic carbocycles. The largest absolute Gasteiger partial charge is 0.356 e. The molecule has 3 nitrogen and oxygen atoms in total. The average molecular weight is 259 g/mol. The number of rotatable bonds is 8. The predicted octanol–water partition coefficient (Wildman–Crippen LogP) is 2.82. The molecular formula is C16H25N3. The molecule has 0 unspecified atom stereocenters. The lowest BCUT2D eigenvalue weighted by atomic mass is 10.2. The molecule has 0 aliphatic heterocycles. The molecule has 2 fully saturated rings. The quantitative estimate of drug-likeness (QED) is 0.778. The van der Waals surface area contributed by atoms with Crippen molar-refractivity contribution in [3.05, 3.63) is 23.9 Å². The van der Waals surface area contributed by atoms with Crippen molar-refractivity contribution in [2.45, 2.75) is 39.2 Å². The third kappa shape index (κ3) is 3.93. The van der Waals surface area contributed by atoms with E-state index in [4.69, 9.17) is 0 Å². The summed E-state index contributed by atoms with van der Waals surface area (Å²) in [5, 5.41) is 3.39. The molecule has 19 heavy (non-hydrogen) atoms. The number of nitrogens with zero attached hydrogens (tertiary/aromatic N) is 2. The first-order valence-electron chi connectivity index (χ1n) is 7.75. The van der Waals surface area contributed by atoms with Gasteiger partial charge in [-0.15, -0.1) is 0 Å². The Morgan fingerprint density at radius 2 is 1.89 bits per heavy atom. The summed E-state index contributed by atoms with van der Waals surface area (Å²) in [6.45, 7) is 6.55. The summed E-state index contributed by atoms with van der Waals surface area (Å²) < 4.78 is 0. The molecule has 0 saturated heterocycles. The zero-order valence-electron chi connectivity index (χ0n) is 11.9. The maximum absolute atomic E-state index is 4.61. The van der Waals surface area contributed by atoms with Crippen LogP contribution in [0.5, 0.6) is 0 Å². The maximum Gasteiger partial charge on any atom is 0.128 e. The van der Waals surface area contributed by atoms with E-state index in [0.717, 1.165) is 24.9 Å². The van der Waals surface area contributed by atoms with Crippen LogP contribution in [0.2, 0.25) is 0 Å². The van der Waals surface area contributed by atoms with Crippen molar-refractivity contribution in [1.29, 1.82) is 0 Å². The fourth-order valence-electron chi connectivity index (χ4n) is 2.50. The molecule has 1 heterocycles. The maximum atomic E-state index is 4.61. The molecule has 0 bridgehead atoms. The van der Waals surface area contributed by atoms with E-state index in [1.807, 2.05) is 6.20 Å². The smallest absolute Gasteiger partial charge is 0.128 e. The highest BCUT2D eigenvalue weighted by molar-refractivity contribution is 5.41. The van der Waals surface area contributed by atoms with Crippen molar-refractivity contribution in [2.75, 3.05) is 24.5 Å². The number of hydrogen-bond acceptors (Lipinski definition) is 3. The summed E-state index contributed by atoms with van der Waals surface area (Å²) in [5.74, 6) is 3.05. The first kappa shape index (κ1) is 12.9. The second-order valence-corrected chi connectivity index (χ2v) is 6.09. The predicted molar refractivity (Wildman–Crippen MR) is 79.3 cm³/mol. The van der Waals surface area contributed by atoms with Gasteiger partial charge in [0.2, 0.25) is 0 Å². The van der Waals surface area contributed by atoms with E-state index in [2.05, 4.69) is 34.3 Å². The number of nitrogens with one attached hydrogen (secondary N) is 1. The first-order valence-corrected chi connectivity index (χ1v) is 7.75. The molecule has 0 amide bonds. The Hall–Kier alpha value is -1.09. The van der Waals surface area contributed by atoms with Gasteiger partial charge in [-0.3, -0.25) is 0 Å². The number of pyridine rings is 1. The van der Waals surface area contributed by atoms with Crippen LogP contribution in [0.1, 0.15) is 38.2 Å². The Bertz CT molecular complexity index is 396. The molecule has 1 aromatic rings. The van der Waals surface area contributed by atoms with Gasteiger partial charge in [0.1, 0.15) is 5.82 Å². The summed E-state index contributed by atoms with van der Waals surface area (Å²) in [7, 11) is 0. The van der Waals surface area contributed by atoms with Gasteiger partial charge in [0, 0.05) is 25.8 Å². The van der Waals surface area contributed by atoms with Crippen LogP contribution in [0.15, 0.2) is 18.3 Å². The van der Waals surface area contributed by atoms with Gasteiger partial charge >= 0.3 is 0 Å². The van der Waals surface area contributed by atoms with Gasteiger partial charge in [0.15, 0.2) is 0 Å². The summed E-state index contributed by atoms with van der Waals surface area (Å²) >= 11 is 0. The van der Waals surface area contributed by atoms with Crippen molar-refractivity contribution in [1.82, 2.24) is 10.3 Å². The van der Waals surface area contributed by atoms with Crippen LogP contribution >= 0.6 is 0 Å². The number of anilines is 1. The molecule has 3 rings (SSSR count). The van der Waals surface area contributed by atoms with Crippen LogP contribution in [-0.4, -0.2) is 24.6 Å². The third-order valence-corrected chi connectivity index (χ3v) is 4.06. The molecule has 0 spiro atoms. The van der Waals surface area contributed by atoms with Gasteiger partial charge in [0.05, 0.1) is 0 Å². The Labute approximate surface area is 116 Å². The van der Waals surface area contributed by atoms with E-state index in [1.165, 1.54) is 50.2 Å². The van der Waals surface area contributed by atoms with Crippen LogP contribution < -0.4 is 10.2 Å². The lowest BCUT2D eigenvalue weighted by molar-refractivity contribution is 0.669.